The topological polar surface area (TPSA) is 44.0 Å². The van der Waals surface area contributed by atoms with Gasteiger partial charge in [0.2, 0.25) is 17.6 Å². The molecule has 0 unspecified atom stereocenters. The predicted octanol–water partition coefficient (Wildman–Crippen LogP) is 20.0. The molecule has 17 rings (SSSR count). The molecule has 556 valence electrons. The molecule has 0 aliphatic carbocycles. The number of hydrogen-bond donors (Lipinski definition) is 0. The van der Waals surface area contributed by atoms with Gasteiger partial charge in [-0.05, 0) is 140 Å². The summed E-state index contributed by atoms with van der Waals surface area (Å²) in [5, 5.41) is 0. The second-order valence-electron chi connectivity index (χ2n) is 34.0. The maximum atomic E-state index is 2.51. The third-order valence-corrected chi connectivity index (χ3v) is 25.6. The van der Waals surface area contributed by atoms with Crippen molar-refractivity contribution >= 4 is 0 Å². The lowest BCUT2D eigenvalue weighted by Crippen LogP contribution is -2.51. The third-order valence-electron chi connectivity index (χ3n) is 25.6. The molecule has 10 nitrogen and oxygen atoms in total. The lowest BCUT2D eigenvalue weighted by atomic mass is 9.59. The van der Waals surface area contributed by atoms with Crippen molar-refractivity contribution in [2.45, 2.75) is 164 Å². The maximum Gasteiger partial charge on any atom is 0.246 e. The van der Waals surface area contributed by atoms with E-state index in [1.54, 1.807) is 0 Å². The van der Waals surface area contributed by atoms with Crippen molar-refractivity contribution < 1.29 is 23.4 Å². The summed E-state index contributed by atoms with van der Waals surface area (Å²) in [4.78, 5) is 0. The van der Waals surface area contributed by atoms with E-state index < -0.39 is 0 Å². The van der Waals surface area contributed by atoms with E-state index in [4.69, 9.17) is 0 Å². The molecule has 0 N–H and O–H groups in total. The first-order valence-electron chi connectivity index (χ1n) is 38.8. The van der Waals surface area contributed by atoms with E-state index in [9.17, 15) is 0 Å². The third kappa shape index (κ3) is 13.0. The van der Waals surface area contributed by atoms with Crippen molar-refractivity contribution in [3.05, 3.63) is 334 Å². The van der Waals surface area contributed by atoms with Gasteiger partial charge >= 0.3 is 0 Å². The van der Waals surface area contributed by atoms with Crippen molar-refractivity contribution in [1.29, 1.82) is 0 Å². The Balaban J connectivity index is 0.000000124. The van der Waals surface area contributed by atoms with Gasteiger partial charge in [-0.3, -0.25) is 0 Å². The maximum absolute atomic E-state index is 2.51. The highest BCUT2D eigenvalue weighted by Gasteiger charge is 2.55. The minimum Gasteiger partial charge on any atom is -0.128 e. The SMILES string of the molecule is Cc1cc(C)cc(-c2c(-c3ccccc3)c3n([n+]2C)-c2c(C)cccc2C(C)(C)C3(C)C)c1.Cc1cccc2c1-n1c(c(-c3ccccc3)c[n+]1C)C(C)(C)C2(C)C.Cc1cccc2c1-n1c(cc[n+]1C)C(C)(C)C2(C)C.Cc1ccccc1-n1ccc(-c2ccccc2)[n+]1C.Cc1ccccc1-n1ccc[n+]1C. The number of rotatable bonds is 6. The molecule has 9 aromatic carbocycles. The number of para-hydroxylation sites is 5. The van der Waals surface area contributed by atoms with Crippen LogP contribution in [0.1, 0.15) is 156 Å². The fourth-order valence-electron chi connectivity index (χ4n) is 17.5. The zero-order chi connectivity index (χ0) is 78.2. The average Bonchev–Trinajstić information content (AvgIpc) is 1.60. The average molecular weight is 1450 g/mol. The zero-order valence-corrected chi connectivity index (χ0v) is 69.3. The molecular weight excluding hydrogens is 1330 g/mol. The van der Waals surface area contributed by atoms with Crippen molar-refractivity contribution in [2.24, 2.45) is 35.2 Å². The minimum absolute atomic E-state index is 0.000226. The Hall–Kier alpha value is -11.0. The predicted molar refractivity (Wildman–Crippen MR) is 448 cm³/mol. The van der Waals surface area contributed by atoms with Crippen molar-refractivity contribution in [3.63, 3.8) is 0 Å². The Morgan fingerprint density at radius 3 is 1.22 bits per heavy atom. The number of aromatic nitrogens is 10. The molecule has 10 heteroatoms. The van der Waals surface area contributed by atoms with Crippen molar-refractivity contribution in [2.75, 3.05) is 0 Å². The molecule has 0 atom stereocenters. The van der Waals surface area contributed by atoms with Crippen LogP contribution in [-0.4, -0.2) is 23.4 Å². The van der Waals surface area contributed by atoms with Crippen LogP contribution in [-0.2, 0) is 67.7 Å². The van der Waals surface area contributed by atoms with Crippen LogP contribution in [0.5, 0.6) is 0 Å². The first kappa shape index (κ1) is 76.2. The molecule has 0 amide bonds. The Labute approximate surface area is 649 Å². The summed E-state index contributed by atoms with van der Waals surface area (Å²) in [6.07, 6.45) is 10.7. The van der Waals surface area contributed by atoms with Crippen LogP contribution in [0, 0.1) is 48.5 Å². The molecule has 0 saturated heterocycles. The highest BCUT2D eigenvalue weighted by atomic mass is 15.4. The number of aryl methyl sites for hydroxylation is 10. The van der Waals surface area contributed by atoms with Crippen LogP contribution in [0.2, 0.25) is 0 Å². The van der Waals surface area contributed by atoms with Crippen LogP contribution in [0.3, 0.4) is 0 Å². The van der Waals surface area contributed by atoms with E-state index in [-0.39, 0.29) is 32.5 Å². The van der Waals surface area contributed by atoms with Crippen molar-refractivity contribution in [3.8, 4) is 73.2 Å². The van der Waals surface area contributed by atoms with Crippen LogP contribution >= 0.6 is 0 Å². The molecule has 3 aliphatic heterocycles. The monoisotopic (exact) mass is 1440 g/mol. The minimum atomic E-state index is -0.0894. The summed E-state index contributed by atoms with van der Waals surface area (Å²) in [5.41, 5.74) is 34.4. The van der Waals surface area contributed by atoms with Gasteiger partial charge in [0.15, 0.2) is 47.6 Å². The van der Waals surface area contributed by atoms with E-state index in [0.717, 1.165) is 0 Å². The Morgan fingerprint density at radius 1 is 0.294 bits per heavy atom. The van der Waals surface area contributed by atoms with Gasteiger partial charge in [-0.25, -0.2) is 0 Å². The molecule has 0 radical (unpaired) electrons. The first-order chi connectivity index (χ1) is 51.7. The van der Waals surface area contributed by atoms with E-state index >= 15 is 0 Å². The lowest BCUT2D eigenvalue weighted by molar-refractivity contribution is -0.745. The van der Waals surface area contributed by atoms with E-state index in [2.05, 4.69) is 450 Å². The van der Waals surface area contributed by atoms with Crippen molar-refractivity contribution in [1.82, 2.24) is 23.4 Å². The largest absolute Gasteiger partial charge is 0.246 e. The normalized spacial score (nSPS) is 15.0. The van der Waals surface area contributed by atoms with Gasteiger partial charge in [0.1, 0.15) is 39.8 Å². The standard InChI is InChI=1S/C31H35N2.C23H27N2.C17H23N2.C17H17N2.C11H13N2/c1-20-17-21(2)19-24(18-20)28-26(23-14-10-9-11-15-23)29-31(6,7)30(4,5)25-16-12-13-22(3)27(25)33(29)32(28)8;1-16-11-10-14-19-20(16)25-21(23(4,5)22(19,2)3)18(15-24(25)6)17-12-8-7-9-13-17;1-12-8-7-9-13-15(12)19-14(10-11-18(19)6)17(4,5)16(13,2)3;1-14-8-6-7-11-16(14)19-13-12-17(18(19)2)15-9-4-3-5-10-15;1-10-6-3-4-7-11(10)13-9-5-8-12(13)2/h9-19H,1-8H3;7-15H,1-6H3;7-11H,1-6H3;3-13H,1-2H3;3-9H,1-2H3/q5*+1. The van der Waals surface area contributed by atoms with Gasteiger partial charge < -0.3 is 0 Å². The molecule has 3 aliphatic rings. The first-order valence-corrected chi connectivity index (χ1v) is 38.8. The Morgan fingerprint density at radius 2 is 0.725 bits per heavy atom. The summed E-state index contributed by atoms with van der Waals surface area (Å²) in [5.74, 6) is 0. The van der Waals surface area contributed by atoms with E-state index in [1.165, 1.54) is 146 Å². The number of nitrogens with zero attached hydrogens (tertiary/aromatic N) is 10. The van der Waals surface area contributed by atoms with Gasteiger partial charge in [0, 0.05) is 61.8 Å². The van der Waals surface area contributed by atoms with Gasteiger partial charge in [-0.15, -0.1) is 46.8 Å². The quantitative estimate of drug-likeness (QED) is 0.149. The zero-order valence-electron chi connectivity index (χ0n) is 69.3. The fraction of sp³-hybridized carbons (Fsp3) is 0.303. The smallest absolute Gasteiger partial charge is 0.128 e. The summed E-state index contributed by atoms with van der Waals surface area (Å²) in [6, 6.07) is 82.5. The van der Waals surface area contributed by atoms with Crippen LogP contribution < -0.4 is 23.4 Å². The summed E-state index contributed by atoms with van der Waals surface area (Å²) in [6.45, 7) is 43.9. The van der Waals surface area contributed by atoms with Gasteiger partial charge in [0.05, 0.1) is 29.2 Å². The van der Waals surface area contributed by atoms with Gasteiger partial charge in [-0.2, -0.15) is 0 Å². The Bertz CT molecular complexity index is 5680. The molecule has 109 heavy (non-hydrogen) atoms. The number of hydrogen-bond acceptors (Lipinski definition) is 0. The molecule has 0 spiro atoms. The van der Waals surface area contributed by atoms with Gasteiger partial charge in [0.25, 0.3) is 0 Å². The number of benzene rings is 9. The van der Waals surface area contributed by atoms with Crippen LogP contribution in [0.4, 0.5) is 0 Å². The second kappa shape index (κ2) is 28.9. The molecule has 14 aromatic rings. The highest BCUT2D eigenvalue weighted by Crippen LogP contribution is 2.56. The van der Waals surface area contributed by atoms with Crippen LogP contribution in [0.25, 0.3) is 73.2 Å². The van der Waals surface area contributed by atoms with Gasteiger partial charge in [-0.1, -0.05) is 270 Å². The van der Waals surface area contributed by atoms with Crippen LogP contribution in [0.15, 0.2) is 262 Å². The molecule has 5 aromatic heterocycles. The Kier molecular flexibility index (Phi) is 20.2. The highest BCUT2D eigenvalue weighted by molar-refractivity contribution is 5.84. The summed E-state index contributed by atoms with van der Waals surface area (Å²) >= 11 is 0. The molecule has 0 saturated carbocycles. The summed E-state index contributed by atoms with van der Waals surface area (Å²) in [7, 11) is 10.6. The fourth-order valence-corrected chi connectivity index (χ4v) is 17.5. The molecule has 0 bridgehead atoms. The molecule has 8 heterocycles. The second-order valence-corrected chi connectivity index (χ2v) is 34.0. The summed E-state index contributed by atoms with van der Waals surface area (Å²) < 4.78 is 22.7. The van der Waals surface area contributed by atoms with E-state index in [1.807, 2.05) is 25.4 Å². The lowest BCUT2D eigenvalue weighted by Gasteiger charge is -2.46. The number of fused-ring (bicyclic) bond motifs is 9. The molecular formula is C99H115N10+5. The molecule has 0 fully saturated rings. The van der Waals surface area contributed by atoms with E-state index in [0.29, 0.717) is 0 Å².